The Bertz CT molecular complexity index is 198. The zero-order valence-corrected chi connectivity index (χ0v) is 10.8. The van der Waals surface area contributed by atoms with Gasteiger partial charge in [-0.2, -0.15) is 0 Å². The third kappa shape index (κ3) is 4.65. The lowest BCUT2D eigenvalue weighted by atomic mass is 9.93. The fourth-order valence-corrected chi connectivity index (χ4v) is 1.23. The van der Waals surface area contributed by atoms with E-state index >= 15 is 0 Å². The van der Waals surface area contributed by atoms with E-state index < -0.39 is 0 Å². The molecule has 0 aliphatic rings. The molecular weight excluding hydrogens is 188 g/mol. The summed E-state index contributed by atoms with van der Waals surface area (Å²) >= 11 is 0. The molecule has 0 radical (unpaired) electrons. The molecule has 90 valence electrons. The van der Waals surface area contributed by atoms with Gasteiger partial charge in [0, 0.05) is 18.0 Å². The summed E-state index contributed by atoms with van der Waals surface area (Å²) in [4.78, 5) is 11.7. The minimum absolute atomic E-state index is 0.0583. The second-order valence-electron chi connectivity index (χ2n) is 4.82. The summed E-state index contributed by atoms with van der Waals surface area (Å²) in [6.45, 7) is 10.8. The molecule has 0 heterocycles. The van der Waals surface area contributed by atoms with Crippen LogP contribution in [0.15, 0.2) is 0 Å². The molecule has 0 aromatic rings. The van der Waals surface area contributed by atoms with Crippen LogP contribution in [-0.4, -0.2) is 18.0 Å². The number of carbonyl (C=O) groups is 1. The van der Waals surface area contributed by atoms with Crippen molar-refractivity contribution in [1.29, 1.82) is 0 Å². The summed E-state index contributed by atoms with van der Waals surface area (Å²) in [6, 6.07) is 0. The molecule has 3 N–H and O–H groups in total. The number of hydrogen-bond acceptors (Lipinski definition) is 2. The van der Waals surface area contributed by atoms with Gasteiger partial charge in [0.25, 0.3) is 0 Å². The van der Waals surface area contributed by atoms with E-state index in [9.17, 15) is 4.79 Å². The van der Waals surface area contributed by atoms with Gasteiger partial charge in [-0.1, -0.05) is 34.6 Å². The number of carbonyl (C=O) groups excluding carboxylic acids is 1. The minimum atomic E-state index is -0.244. The molecule has 1 unspecified atom stereocenters. The van der Waals surface area contributed by atoms with Gasteiger partial charge >= 0.3 is 0 Å². The Kier molecular flexibility index (Phi) is 5.88. The van der Waals surface area contributed by atoms with E-state index in [2.05, 4.69) is 33.0 Å². The Labute approximate surface area is 93.8 Å². The van der Waals surface area contributed by atoms with Crippen LogP contribution in [0.4, 0.5) is 0 Å². The van der Waals surface area contributed by atoms with Crippen LogP contribution in [0.3, 0.4) is 0 Å². The van der Waals surface area contributed by atoms with Crippen molar-refractivity contribution < 1.29 is 4.79 Å². The largest absolute Gasteiger partial charge is 0.354 e. The number of amides is 1. The molecule has 0 aliphatic carbocycles. The van der Waals surface area contributed by atoms with Crippen LogP contribution < -0.4 is 11.1 Å². The van der Waals surface area contributed by atoms with Gasteiger partial charge in [-0.25, -0.2) is 0 Å². The number of nitrogens with two attached hydrogens (primary N) is 1. The molecule has 0 aliphatic heterocycles. The third-order valence-corrected chi connectivity index (χ3v) is 3.44. The van der Waals surface area contributed by atoms with Crippen molar-refractivity contribution in [2.24, 2.45) is 17.6 Å². The molecule has 0 saturated heterocycles. The van der Waals surface area contributed by atoms with Crippen LogP contribution >= 0.6 is 0 Å². The molecule has 3 heteroatoms. The van der Waals surface area contributed by atoms with Gasteiger partial charge in [-0.15, -0.1) is 0 Å². The van der Waals surface area contributed by atoms with Crippen LogP contribution in [0.1, 0.15) is 47.5 Å². The maximum absolute atomic E-state index is 11.7. The first kappa shape index (κ1) is 14.4. The summed E-state index contributed by atoms with van der Waals surface area (Å²) < 4.78 is 0. The van der Waals surface area contributed by atoms with Crippen LogP contribution in [0.5, 0.6) is 0 Å². The summed E-state index contributed by atoms with van der Waals surface area (Å²) in [5.41, 5.74) is 5.86. The van der Waals surface area contributed by atoms with E-state index in [1.165, 1.54) is 0 Å². The average Bonchev–Trinajstić information content (AvgIpc) is 2.24. The third-order valence-electron chi connectivity index (χ3n) is 3.44. The molecular formula is C12H26N2O. The number of hydrogen-bond donors (Lipinski definition) is 2. The van der Waals surface area contributed by atoms with Gasteiger partial charge in [-0.3, -0.25) is 4.79 Å². The highest BCUT2D eigenvalue weighted by Crippen LogP contribution is 2.12. The van der Waals surface area contributed by atoms with E-state index in [0.29, 0.717) is 12.5 Å². The number of nitrogens with one attached hydrogen (secondary N) is 1. The quantitative estimate of drug-likeness (QED) is 0.709. The predicted octanol–water partition coefficient (Wildman–Crippen LogP) is 1.91. The van der Waals surface area contributed by atoms with Gasteiger partial charge in [0.05, 0.1) is 0 Å². The number of rotatable bonds is 6. The van der Waals surface area contributed by atoms with Gasteiger partial charge in [0.1, 0.15) is 0 Å². The molecule has 1 amide bonds. The van der Waals surface area contributed by atoms with Crippen molar-refractivity contribution in [3.63, 3.8) is 0 Å². The lowest BCUT2D eigenvalue weighted by Crippen LogP contribution is -2.50. The van der Waals surface area contributed by atoms with Crippen LogP contribution in [0.2, 0.25) is 0 Å². The highest BCUT2D eigenvalue weighted by atomic mass is 16.1. The SMILES string of the molecule is CCC(N)(CC)CNC(=O)C(C)C(C)C. The topological polar surface area (TPSA) is 55.1 Å². The fourth-order valence-electron chi connectivity index (χ4n) is 1.23. The van der Waals surface area contributed by atoms with Crippen molar-refractivity contribution in [1.82, 2.24) is 5.32 Å². The molecule has 3 nitrogen and oxygen atoms in total. The summed E-state index contributed by atoms with van der Waals surface area (Å²) in [6.07, 6.45) is 1.78. The Morgan fingerprint density at radius 3 is 2.07 bits per heavy atom. The minimum Gasteiger partial charge on any atom is -0.354 e. The second-order valence-corrected chi connectivity index (χ2v) is 4.82. The molecule has 0 rings (SSSR count). The van der Waals surface area contributed by atoms with Crippen molar-refractivity contribution in [3.05, 3.63) is 0 Å². The molecule has 0 fully saturated rings. The van der Waals surface area contributed by atoms with E-state index in [1.807, 2.05) is 6.92 Å². The van der Waals surface area contributed by atoms with E-state index in [-0.39, 0.29) is 17.4 Å². The Morgan fingerprint density at radius 2 is 1.73 bits per heavy atom. The lowest BCUT2D eigenvalue weighted by Gasteiger charge is -2.28. The van der Waals surface area contributed by atoms with Crippen molar-refractivity contribution in [2.75, 3.05) is 6.54 Å². The lowest BCUT2D eigenvalue weighted by molar-refractivity contribution is -0.126. The van der Waals surface area contributed by atoms with E-state index in [4.69, 9.17) is 5.73 Å². The van der Waals surface area contributed by atoms with Gasteiger partial charge in [0.2, 0.25) is 5.91 Å². The summed E-state index contributed by atoms with van der Waals surface area (Å²) in [7, 11) is 0. The molecule has 0 aromatic heterocycles. The van der Waals surface area contributed by atoms with Crippen molar-refractivity contribution in [2.45, 2.75) is 53.0 Å². The first-order chi connectivity index (χ1) is 6.86. The molecule has 0 spiro atoms. The zero-order valence-electron chi connectivity index (χ0n) is 10.8. The van der Waals surface area contributed by atoms with Gasteiger partial charge in [-0.05, 0) is 18.8 Å². The van der Waals surface area contributed by atoms with Crippen LogP contribution in [-0.2, 0) is 4.79 Å². The first-order valence-electron chi connectivity index (χ1n) is 5.93. The monoisotopic (exact) mass is 214 g/mol. The summed E-state index contributed by atoms with van der Waals surface area (Å²) in [5.74, 6) is 0.546. The predicted molar refractivity (Wildman–Crippen MR) is 64.5 cm³/mol. The molecule has 0 saturated carbocycles. The van der Waals surface area contributed by atoms with Gasteiger partial charge in [0.15, 0.2) is 0 Å². The normalized spacial score (nSPS) is 14.1. The van der Waals surface area contributed by atoms with E-state index in [0.717, 1.165) is 12.8 Å². The van der Waals surface area contributed by atoms with Gasteiger partial charge < -0.3 is 11.1 Å². The highest BCUT2D eigenvalue weighted by molar-refractivity contribution is 5.78. The standard InChI is InChI=1S/C12H26N2O/c1-6-12(13,7-2)8-14-11(15)10(5)9(3)4/h9-10H,6-8,13H2,1-5H3,(H,14,15). The Morgan fingerprint density at radius 1 is 1.27 bits per heavy atom. The Hall–Kier alpha value is -0.570. The zero-order chi connectivity index (χ0) is 12.1. The van der Waals surface area contributed by atoms with Crippen molar-refractivity contribution >= 4 is 5.91 Å². The average molecular weight is 214 g/mol. The smallest absolute Gasteiger partial charge is 0.223 e. The molecule has 0 aromatic carbocycles. The first-order valence-corrected chi connectivity index (χ1v) is 5.93. The Balaban J connectivity index is 4.10. The highest BCUT2D eigenvalue weighted by Gasteiger charge is 2.23. The maximum atomic E-state index is 11.7. The molecule has 0 bridgehead atoms. The second kappa shape index (κ2) is 6.11. The fraction of sp³-hybridized carbons (Fsp3) is 0.917. The molecule has 15 heavy (non-hydrogen) atoms. The van der Waals surface area contributed by atoms with Crippen molar-refractivity contribution in [3.8, 4) is 0 Å². The molecule has 1 atom stereocenters. The maximum Gasteiger partial charge on any atom is 0.223 e. The van der Waals surface area contributed by atoms with Crippen LogP contribution in [0.25, 0.3) is 0 Å². The summed E-state index contributed by atoms with van der Waals surface area (Å²) in [5, 5.41) is 2.94. The van der Waals surface area contributed by atoms with E-state index in [1.54, 1.807) is 0 Å². The van der Waals surface area contributed by atoms with Crippen LogP contribution in [0, 0.1) is 11.8 Å².